The maximum atomic E-state index is 11.5. The summed E-state index contributed by atoms with van der Waals surface area (Å²) in [7, 11) is 0. The lowest BCUT2D eigenvalue weighted by atomic mass is 10.2. The molecule has 1 N–H and O–H groups in total. The summed E-state index contributed by atoms with van der Waals surface area (Å²) >= 11 is 1.66. The SMILES string of the molecule is CCc1cc2c(N3CCN(C(=O)C(=O)O)CC3)ncnc2s1. The third-order valence-electron chi connectivity index (χ3n) is 3.76. The van der Waals surface area contributed by atoms with Gasteiger partial charge in [-0.05, 0) is 12.5 Å². The predicted octanol–water partition coefficient (Wildman–Crippen LogP) is 0.987. The van der Waals surface area contributed by atoms with E-state index in [1.807, 2.05) is 0 Å². The molecule has 0 bridgehead atoms. The number of nitrogens with zero attached hydrogens (tertiary/aromatic N) is 4. The van der Waals surface area contributed by atoms with Crippen molar-refractivity contribution in [2.24, 2.45) is 0 Å². The summed E-state index contributed by atoms with van der Waals surface area (Å²) < 4.78 is 0. The molecule has 0 spiro atoms. The summed E-state index contributed by atoms with van der Waals surface area (Å²) in [5, 5.41) is 9.79. The Balaban J connectivity index is 1.80. The quantitative estimate of drug-likeness (QED) is 0.830. The Morgan fingerprint density at radius 3 is 2.64 bits per heavy atom. The highest BCUT2D eigenvalue weighted by atomic mass is 32.1. The molecule has 1 aliphatic rings. The van der Waals surface area contributed by atoms with E-state index in [0.717, 1.165) is 22.5 Å². The van der Waals surface area contributed by atoms with Crippen LogP contribution in [0.4, 0.5) is 5.82 Å². The maximum absolute atomic E-state index is 11.5. The summed E-state index contributed by atoms with van der Waals surface area (Å²) in [5.41, 5.74) is 0. The fraction of sp³-hybridized carbons (Fsp3) is 0.429. The van der Waals surface area contributed by atoms with Crippen molar-refractivity contribution in [3.63, 3.8) is 0 Å². The van der Waals surface area contributed by atoms with E-state index >= 15 is 0 Å². The van der Waals surface area contributed by atoms with Gasteiger partial charge in [0, 0.05) is 31.1 Å². The van der Waals surface area contributed by atoms with Crippen molar-refractivity contribution in [1.29, 1.82) is 0 Å². The molecule has 0 unspecified atom stereocenters. The van der Waals surface area contributed by atoms with Crippen LogP contribution in [0.25, 0.3) is 10.2 Å². The van der Waals surface area contributed by atoms with Crippen LogP contribution in [0.5, 0.6) is 0 Å². The largest absolute Gasteiger partial charge is 0.474 e. The van der Waals surface area contributed by atoms with Crippen LogP contribution in [0.1, 0.15) is 11.8 Å². The molecule has 3 rings (SSSR count). The number of carboxylic acids is 1. The molecule has 2 aromatic rings. The highest BCUT2D eigenvalue weighted by molar-refractivity contribution is 7.18. The molecule has 22 heavy (non-hydrogen) atoms. The van der Waals surface area contributed by atoms with E-state index < -0.39 is 11.9 Å². The van der Waals surface area contributed by atoms with Gasteiger partial charge in [0.1, 0.15) is 17.0 Å². The lowest BCUT2D eigenvalue weighted by Gasteiger charge is -2.34. The molecule has 0 aliphatic carbocycles. The molecule has 8 heteroatoms. The van der Waals surface area contributed by atoms with E-state index in [2.05, 4.69) is 27.9 Å². The van der Waals surface area contributed by atoms with Crippen LogP contribution in [0.2, 0.25) is 0 Å². The summed E-state index contributed by atoms with van der Waals surface area (Å²) in [5.74, 6) is -1.37. The first-order valence-corrected chi connectivity index (χ1v) is 7.92. The van der Waals surface area contributed by atoms with E-state index in [1.165, 1.54) is 9.78 Å². The second-order valence-corrected chi connectivity index (χ2v) is 6.18. The minimum absolute atomic E-state index is 0.390. The maximum Gasteiger partial charge on any atom is 0.394 e. The zero-order valence-electron chi connectivity index (χ0n) is 12.2. The zero-order valence-corrected chi connectivity index (χ0v) is 13.0. The molecular formula is C14H16N4O3S. The topological polar surface area (TPSA) is 86.6 Å². The van der Waals surface area contributed by atoms with Crippen LogP contribution in [0.15, 0.2) is 12.4 Å². The van der Waals surface area contributed by atoms with Crippen LogP contribution >= 0.6 is 11.3 Å². The number of thiophene rings is 1. The minimum Gasteiger partial charge on any atom is -0.474 e. The Morgan fingerprint density at radius 2 is 2.00 bits per heavy atom. The van der Waals surface area contributed by atoms with Crippen LogP contribution in [-0.2, 0) is 16.0 Å². The monoisotopic (exact) mass is 320 g/mol. The summed E-state index contributed by atoms with van der Waals surface area (Å²) in [6.45, 7) is 4.03. The van der Waals surface area contributed by atoms with Gasteiger partial charge in [-0.15, -0.1) is 11.3 Å². The van der Waals surface area contributed by atoms with Gasteiger partial charge in [-0.3, -0.25) is 4.79 Å². The third-order valence-corrected chi connectivity index (χ3v) is 4.94. The number of hydrogen-bond donors (Lipinski definition) is 1. The van der Waals surface area contributed by atoms with Gasteiger partial charge in [0.05, 0.1) is 5.39 Å². The molecule has 1 aliphatic heterocycles. The second-order valence-electron chi connectivity index (χ2n) is 5.07. The van der Waals surface area contributed by atoms with E-state index in [1.54, 1.807) is 17.7 Å². The molecule has 7 nitrogen and oxygen atoms in total. The van der Waals surface area contributed by atoms with Crippen molar-refractivity contribution in [3.05, 3.63) is 17.3 Å². The Hall–Kier alpha value is -2.22. The van der Waals surface area contributed by atoms with Gasteiger partial charge >= 0.3 is 11.9 Å². The molecular weight excluding hydrogens is 304 g/mol. The van der Waals surface area contributed by atoms with Crippen LogP contribution in [0, 0.1) is 0 Å². The van der Waals surface area contributed by atoms with Crippen LogP contribution in [-0.4, -0.2) is 58.0 Å². The molecule has 0 atom stereocenters. The number of aliphatic carboxylic acids is 1. The number of amides is 1. The lowest BCUT2D eigenvalue weighted by molar-refractivity contribution is -0.156. The molecule has 1 saturated heterocycles. The molecule has 2 aromatic heterocycles. The van der Waals surface area contributed by atoms with Gasteiger partial charge in [0.2, 0.25) is 0 Å². The number of hydrogen-bond acceptors (Lipinski definition) is 6. The van der Waals surface area contributed by atoms with Gasteiger partial charge in [-0.25, -0.2) is 14.8 Å². The average molecular weight is 320 g/mol. The molecule has 0 saturated carbocycles. The molecule has 1 fully saturated rings. The number of carbonyl (C=O) groups is 2. The summed E-state index contributed by atoms with van der Waals surface area (Å²) in [6, 6.07) is 2.12. The normalized spacial score (nSPS) is 15.3. The van der Waals surface area contributed by atoms with E-state index in [9.17, 15) is 9.59 Å². The van der Waals surface area contributed by atoms with E-state index in [0.29, 0.717) is 26.2 Å². The van der Waals surface area contributed by atoms with E-state index in [-0.39, 0.29) is 0 Å². The number of carboxylic acid groups (broad SMARTS) is 1. The summed E-state index contributed by atoms with van der Waals surface area (Å²) in [6.07, 6.45) is 2.52. The van der Waals surface area contributed by atoms with Crippen molar-refractivity contribution in [2.75, 3.05) is 31.1 Å². The van der Waals surface area contributed by atoms with Crippen molar-refractivity contribution in [3.8, 4) is 0 Å². The first-order valence-electron chi connectivity index (χ1n) is 7.10. The number of piperazine rings is 1. The fourth-order valence-electron chi connectivity index (χ4n) is 2.58. The molecule has 3 heterocycles. The van der Waals surface area contributed by atoms with Gasteiger partial charge in [-0.2, -0.15) is 0 Å². The van der Waals surface area contributed by atoms with Crippen LogP contribution in [0.3, 0.4) is 0 Å². The number of fused-ring (bicyclic) bond motifs is 1. The Kier molecular flexibility index (Phi) is 3.93. The van der Waals surface area contributed by atoms with Crippen molar-refractivity contribution >= 4 is 39.2 Å². The first kappa shape index (κ1) is 14.7. The van der Waals surface area contributed by atoms with Crippen LogP contribution < -0.4 is 4.90 Å². The standard InChI is InChI=1S/C14H16N4O3S/c1-2-9-7-10-11(15-8-16-12(10)22-9)17-3-5-18(6-4-17)13(19)14(20)21/h7-8H,2-6H2,1H3,(H,20,21). The highest BCUT2D eigenvalue weighted by Crippen LogP contribution is 2.30. The predicted molar refractivity (Wildman–Crippen MR) is 83.2 cm³/mol. The van der Waals surface area contributed by atoms with Crippen molar-refractivity contribution in [2.45, 2.75) is 13.3 Å². The Bertz CT molecular complexity index is 722. The first-order chi connectivity index (χ1) is 10.6. The summed E-state index contributed by atoms with van der Waals surface area (Å²) in [4.78, 5) is 36.6. The third kappa shape index (κ3) is 2.61. The van der Waals surface area contributed by atoms with Crippen molar-refractivity contribution in [1.82, 2.24) is 14.9 Å². The smallest absolute Gasteiger partial charge is 0.394 e. The zero-order chi connectivity index (χ0) is 15.7. The number of aryl methyl sites for hydroxylation is 1. The van der Waals surface area contributed by atoms with Gasteiger partial charge in [0.25, 0.3) is 0 Å². The van der Waals surface area contributed by atoms with Crippen molar-refractivity contribution < 1.29 is 14.7 Å². The van der Waals surface area contributed by atoms with E-state index in [4.69, 9.17) is 5.11 Å². The Labute approximate surface area is 131 Å². The van der Waals surface area contributed by atoms with Gasteiger partial charge in [-0.1, -0.05) is 6.92 Å². The lowest BCUT2D eigenvalue weighted by Crippen LogP contribution is -2.50. The Morgan fingerprint density at radius 1 is 1.27 bits per heavy atom. The molecule has 1 amide bonds. The fourth-order valence-corrected chi connectivity index (χ4v) is 3.51. The molecule has 0 radical (unpaired) electrons. The number of carbonyl (C=O) groups excluding carboxylic acids is 1. The number of aromatic nitrogens is 2. The average Bonchev–Trinajstić information content (AvgIpc) is 2.97. The highest BCUT2D eigenvalue weighted by Gasteiger charge is 2.26. The molecule has 0 aromatic carbocycles. The molecule has 116 valence electrons. The number of anilines is 1. The van der Waals surface area contributed by atoms with Gasteiger partial charge in [0.15, 0.2) is 0 Å². The van der Waals surface area contributed by atoms with Gasteiger partial charge < -0.3 is 14.9 Å². The number of rotatable bonds is 2. The second kappa shape index (κ2) is 5.88. The minimum atomic E-state index is -1.40.